The van der Waals surface area contributed by atoms with Crippen molar-refractivity contribution >= 4 is 23.5 Å². The number of halogens is 1. The van der Waals surface area contributed by atoms with E-state index in [-0.39, 0.29) is 18.2 Å². The van der Waals surface area contributed by atoms with Gasteiger partial charge in [0.2, 0.25) is 5.91 Å². The summed E-state index contributed by atoms with van der Waals surface area (Å²) < 4.78 is 0. The zero-order valence-corrected chi connectivity index (χ0v) is 14.1. The highest BCUT2D eigenvalue weighted by molar-refractivity contribution is 6.31. The number of rotatable bonds is 6. The molecule has 2 rings (SSSR count). The van der Waals surface area contributed by atoms with Gasteiger partial charge >= 0.3 is 5.97 Å². The minimum absolute atomic E-state index is 0.0399. The second-order valence-electron chi connectivity index (χ2n) is 6.16. The molecular formula is C17H23ClN2O3. The summed E-state index contributed by atoms with van der Waals surface area (Å²) in [7, 11) is 0. The van der Waals surface area contributed by atoms with E-state index in [0.29, 0.717) is 19.5 Å². The molecular weight excluding hydrogens is 316 g/mol. The van der Waals surface area contributed by atoms with Gasteiger partial charge in [-0.05, 0) is 17.5 Å². The van der Waals surface area contributed by atoms with E-state index in [0.717, 1.165) is 30.2 Å². The van der Waals surface area contributed by atoms with Crippen molar-refractivity contribution in [2.24, 2.45) is 5.92 Å². The number of aliphatic carboxylic acids is 1. The number of nitrogens with zero attached hydrogens (tertiary/aromatic N) is 2. The summed E-state index contributed by atoms with van der Waals surface area (Å²) in [5, 5.41) is 9.53. The molecule has 0 aromatic heterocycles. The predicted octanol–water partition coefficient (Wildman–Crippen LogP) is 2.49. The van der Waals surface area contributed by atoms with Gasteiger partial charge in [0.05, 0.1) is 0 Å². The number of carbonyl (C=O) groups is 2. The van der Waals surface area contributed by atoms with Crippen LogP contribution in [0.1, 0.15) is 25.3 Å². The lowest BCUT2D eigenvalue weighted by molar-refractivity contribution is -0.139. The third-order valence-electron chi connectivity index (χ3n) is 4.12. The van der Waals surface area contributed by atoms with Crippen LogP contribution in [0.5, 0.6) is 0 Å². The number of carboxylic acid groups (broad SMARTS) is 1. The standard InChI is InChI=1S/C17H23ClN2O3/c1-13(11-17(22)23)10-16(21)20-8-6-19(7-9-20)12-14-4-2-3-5-15(14)18/h2-5,13H,6-12H2,1H3,(H,22,23)/t13-/m1/s1. The first-order valence-electron chi connectivity index (χ1n) is 7.91. The summed E-state index contributed by atoms with van der Waals surface area (Å²) in [4.78, 5) is 27.0. The molecule has 0 saturated carbocycles. The first-order valence-corrected chi connectivity index (χ1v) is 8.29. The number of benzene rings is 1. The second-order valence-corrected chi connectivity index (χ2v) is 6.56. The van der Waals surface area contributed by atoms with Crippen LogP contribution in [0, 0.1) is 5.92 Å². The highest BCUT2D eigenvalue weighted by atomic mass is 35.5. The summed E-state index contributed by atoms with van der Waals surface area (Å²) in [6.45, 7) is 5.58. The number of amides is 1. The Balaban J connectivity index is 1.78. The van der Waals surface area contributed by atoms with Gasteiger partial charge in [-0.1, -0.05) is 36.7 Å². The Morgan fingerprint density at radius 1 is 1.17 bits per heavy atom. The van der Waals surface area contributed by atoms with Gasteiger partial charge in [0.1, 0.15) is 0 Å². The van der Waals surface area contributed by atoms with Crippen molar-refractivity contribution in [1.29, 1.82) is 0 Å². The van der Waals surface area contributed by atoms with Crippen molar-refractivity contribution < 1.29 is 14.7 Å². The third kappa shape index (κ3) is 5.52. The molecule has 23 heavy (non-hydrogen) atoms. The molecule has 1 aliphatic rings. The fourth-order valence-electron chi connectivity index (χ4n) is 2.82. The molecule has 1 aliphatic heterocycles. The molecule has 1 heterocycles. The molecule has 0 bridgehead atoms. The van der Waals surface area contributed by atoms with E-state index in [9.17, 15) is 9.59 Å². The molecule has 1 aromatic carbocycles. The van der Waals surface area contributed by atoms with Gasteiger partial charge in [0.15, 0.2) is 0 Å². The quantitative estimate of drug-likeness (QED) is 0.865. The molecule has 1 N–H and O–H groups in total. The Morgan fingerprint density at radius 2 is 1.83 bits per heavy atom. The lowest BCUT2D eigenvalue weighted by Gasteiger charge is -2.35. The van der Waals surface area contributed by atoms with E-state index in [2.05, 4.69) is 4.90 Å². The molecule has 0 aliphatic carbocycles. The minimum atomic E-state index is -0.852. The molecule has 5 nitrogen and oxygen atoms in total. The first kappa shape index (κ1) is 17.8. The summed E-state index contributed by atoms with van der Waals surface area (Å²) in [6, 6.07) is 7.81. The monoisotopic (exact) mass is 338 g/mol. The van der Waals surface area contributed by atoms with E-state index in [1.54, 1.807) is 6.92 Å². The topological polar surface area (TPSA) is 60.9 Å². The van der Waals surface area contributed by atoms with E-state index in [1.807, 2.05) is 29.2 Å². The van der Waals surface area contributed by atoms with E-state index < -0.39 is 5.97 Å². The van der Waals surface area contributed by atoms with Gasteiger partial charge in [0.25, 0.3) is 0 Å². The molecule has 1 fully saturated rings. The maximum Gasteiger partial charge on any atom is 0.303 e. The SMILES string of the molecule is C[C@@H](CC(=O)O)CC(=O)N1CCN(Cc2ccccc2Cl)CC1. The zero-order chi connectivity index (χ0) is 16.8. The minimum Gasteiger partial charge on any atom is -0.481 e. The number of hydrogen-bond acceptors (Lipinski definition) is 3. The first-order chi connectivity index (χ1) is 11.0. The summed E-state index contributed by atoms with van der Waals surface area (Å²) in [5.41, 5.74) is 1.10. The second kappa shape index (κ2) is 8.31. The highest BCUT2D eigenvalue weighted by Gasteiger charge is 2.23. The average Bonchev–Trinajstić information content (AvgIpc) is 2.49. The normalized spacial score (nSPS) is 17.0. The van der Waals surface area contributed by atoms with Gasteiger partial charge < -0.3 is 10.0 Å². The number of carbonyl (C=O) groups excluding carboxylic acids is 1. The van der Waals surface area contributed by atoms with Crippen molar-refractivity contribution in [3.63, 3.8) is 0 Å². The van der Waals surface area contributed by atoms with Gasteiger partial charge in [-0.2, -0.15) is 0 Å². The Labute approximate surface area is 141 Å². The molecule has 0 unspecified atom stereocenters. The van der Waals surface area contributed by atoms with Crippen molar-refractivity contribution in [3.05, 3.63) is 34.9 Å². The number of carboxylic acids is 1. The smallest absolute Gasteiger partial charge is 0.303 e. The Hall–Kier alpha value is -1.59. The van der Waals surface area contributed by atoms with Crippen molar-refractivity contribution in [2.75, 3.05) is 26.2 Å². The maximum atomic E-state index is 12.2. The van der Waals surface area contributed by atoms with Crippen LogP contribution in [-0.2, 0) is 16.1 Å². The van der Waals surface area contributed by atoms with E-state index in [4.69, 9.17) is 16.7 Å². The maximum absolute atomic E-state index is 12.2. The fourth-order valence-corrected chi connectivity index (χ4v) is 3.02. The molecule has 0 spiro atoms. The summed E-state index contributed by atoms with van der Waals surface area (Å²) in [5.74, 6) is -0.924. The van der Waals surface area contributed by atoms with Crippen molar-refractivity contribution in [1.82, 2.24) is 9.80 Å². The third-order valence-corrected chi connectivity index (χ3v) is 4.49. The number of hydrogen-bond donors (Lipinski definition) is 1. The molecule has 6 heteroatoms. The van der Waals surface area contributed by atoms with Crippen LogP contribution in [0.4, 0.5) is 0 Å². The zero-order valence-electron chi connectivity index (χ0n) is 13.4. The van der Waals surface area contributed by atoms with Crippen molar-refractivity contribution in [3.8, 4) is 0 Å². The summed E-state index contributed by atoms with van der Waals surface area (Å²) in [6.07, 6.45) is 0.342. The molecule has 0 radical (unpaired) electrons. The van der Waals surface area contributed by atoms with Crippen LogP contribution >= 0.6 is 11.6 Å². The lowest BCUT2D eigenvalue weighted by Crippen LogP contribution is -2.48. The fraction of sp³-hybridized carbons (Fsp3) is 0.529. The van der Waals surface area contributed by atoms with Gasteiger partial charge in [-0.3, -0.25) is 14.5 Å². The van der Waals surface area contributed by atoms with Crippen LogP contribution in [-0.4, -0.2) is 53.0 Å². The summed E-state index contributed by atoms with van der Waals surface area (Å²) >= 11 is 6.18. The van der Waals surface area contributed by atoms with Crippen LogP contribution in [0.2, 0.25) is 5.02 Å². The predicted molar refractivity (Wildman–Crippen MR) is 89.3 cm³/mol. The highest BCUT2D eigenvalue weighted by Crippen LogP contribution is 2.18. The lowest BCUT2D eigenvalue weighted by atomic mass is 10.0. The Morgan fingerprint density at radius 3 is 2.43 bits per heavy atom. The number of piperazine rings is 1. The molecule has 126 valence electrons. The van der Waals surface area contributed by atoms with E-state index in [1.165, 1.54) is 0 Å². The molecule has 1 amide bonds. The van der Waals surface area contributed by atoms with Crippen LogP contribution in [0.3, 0.4) is 0 Å². The van der Waals surface area contributed by atoms with Gasteiger partial charge in [0, 0.05) is 50.6 Å². The Kier molecular flexibility index (Phi) is 6.42. The van der Waals surface area contributed by atoms with Gasteiger partial charge in [-0.15, -0.1) is 0 Å². The Bertz CT molecular complexity index is 557. The van der Waals surface area contributed by atoms with Crippen LogP contribution < -0.4 is 0 Å². The van der Waals surface area contributed by atoms with Gasteiger partial charge in [-0.25, -0.2) is 0 Å². The molecule has 1 saturated heterocycles. The van der Waals surface area contributed by atoms with Crippen molar-refractivity contribution in [2.45, 2.75) is 26.3 Å². The van der Waals surface area contributed by atoms with E-state index >= 15 is 0 Å². The molecule has 1 atom stereocenters. The largest absolute Gasteiger partial charge is 0.481 e. The van der Waals surface area contributed by atoms with Crippen LogP contribution in [0.25, 0.3) is 0 Å². The average molecular weight is 339 g/mol. The molecule has 1 aromatic rings. The van der Waals surface area contributed by atoms with Crippen LogP contribution in [0.15, 0.2) is 24.3 Å².